The predicted molar refractivity (Wildman–Crippen MR) is 111 cm³/mol. The summed E-state index contributed by atoms with van der Waals surface area (Å²) in [6.45, 7) is 2.32. The second-order valence-corrected chi connectivity index (χ2v) is 7.42. The van der Waals surface area contributed by atoms with E-state index in [9.17, 15) is 0 Å². The van der Waals surface area contributed by atoms with Gasteiger partial charge in [-0.15, -0.1) is 11.3 Å². The Kier molecular flexibility index (Phi) is 4.26. The highest BCUT2D eigenvalue weighted by Gasteiger charge is 2.21. The molecule has 0 aliphatic carbocycles. The van der Waals surface area contributed by atoms with Crippen LogP contribution in [0.4, 0.5) is 0 Å². The van der Waals surface area contributed by atoms with Gasteiger partial charge in [-0.05, 0) is 48.9 Å². The van der Waals surface area contributed by atoms with Crippen LogP contribution in [0.2, 0.25) is 0 Å². The highest BCUT2D eigenvalue weighted by Crippen LogP contribution is 2.40. The minimum absolute atomic E-state index is 0.231. The Morgan fingerprint density at radius 2 is 1.86 bits per heavy atom. The molecule has 0 saturated carbocycles. The summed E-state index contributed by atoms with van der Waals surface area (Å²) in [6, 6.07) is 15.3. The van der Waals surface area contributed by atoms with Crippen LogP contribution < -0.4 is 9.47 Å². The maximum absolute atomic E-state index is 9.04. The number of fused-ring (bicyclic) bond motifs is 1. The molecule has 2 aromatic heterocycles. The number of ether oxygens (including phenoxy) is 2. The van der Waals surface area contributed by atoms with Crippen molar-refractivity contribution in [2.24, 2.45) is 0 Å². The Morgan fingerprint density at radius 1 is 1.07 bits per heavy atom. The van der Waals surface area contributed by atoms with Crippen LogP contribution in [0, 0.1) is 11.3 Å². The van der Waals surface area contributed by atoms with E-state index in [0.717, 1.165) is 51.2 Å². The van der Waals surface area contributed by atoms with Gasteiger partial charge < -0.3 is 14.5 Å². The standard InChI is InChI=1S/C22H16N4O2S/c1-2-16-11-29-22(24-16)20-19(15-7-8-17-18(9-15)28-12-27-17)25-21(26-20)14-5-3-13(10-23)4-6-14/h3-9,11H,2,12H2,1H3,(H,25,26). The molecule has 5 rings (SSSR count). The molecule has 1 aliphatic heterocycles. The number of aromatic amines is 1. The molecule has 6 nitrogen and oxygen atoms in total. The van der Waals surface area contributed by atoms with Gasteiger partial charge in [0.1, 0.15) is 16.5 Å². The van der Waals surface area contributed by atoms with Crippen LogP contribution in [0.1, 0.15) is 18.2 Å². The van der Waals surface area contributed by atoms with E-state index in [1.165, 1.54) is 0 Å². The molecule has 0 amide bonds. The Bertz CT molecular complexity index is 1230. The van der Waals surface area contributed by atoms with Gasteiger partial charge in [0, 0.05) is 16.5 Å². The van der Waals surface area contributed by atoms with E-state index in [1.807, 2.05) is 30.3 Å². The fourth-order valence-corrected chi connectivity index (χ4v) is 4.11. The molecule has 1 N–H and O–H groups in total. The van der Waals surface area contributed by atoms with Crippen molar-refractivity contribution >= 4 is 11.3 Å². The van der Waals surface area contributed by atoms with E-state index < -0.39 is 0 Å². The van der Waals surface area contributed by atoms with Crippen molar-refractivity contribution in [2.75, 3.05) is 6.79 Å². The lowest BCUT2D eigenvalue weighted by molar-refractivity contribution is 0.174. The average Bonchev–Trinajstić information content (AvgIpc) is 3.51. The minimum atomic E-state index is 0.231. The molecule has 1 aliphatic rings. The lowest BCUT2D eigenvalue weighted by atomic mass is 10.1. The Balaban J connectivity index is 1.65. The number of H-pyrrole nitrogens is 1. The Labute approximate surface area is 171 Å². The summed E-state index contributed by atoms with van der Waals surface area (Å²) in [5, 5.41) is 12.0. The van der Waals surface area contributed by atoms with E-state index in [0.29, 0.717) is 11.3 Å². The number of benzene rings is 2. The number of imidazole rings is 1. The van der Waals surface area contributed by atoms with E-state index in [-0.39, 0.29) is 6.79 Å². The number of nitriles is 1. The van der Waals surface area contributed by atoms with Gasteiger partial charge in [-0.3, -0.25) is 0 Å². The fourth-order valence-electron chi connectivity index (χ4n) is 3.20. The number of thiazole rings is 1. The van der Waals surface area contributed by atoms with Crippen LogP contribution in [0.5, 0.6) is 11.5 Å². The largest absolute Gasteiger partial charge is 0.454 e. The zero-order valence-electron chi connectivity index (χ0n) is 15.6. The number of rotatable bonds is 4. The summed E-state index contributed by atoms with van der Waals surface area (Å²) >= 11 is 1.59. The molecule has 0 saturated heterocycles. The first kappa shape index (κ1) is 17.5. The Morgan fingerprint density at radius 3 is 2.62 bits per heavy atom. The zero-order chi connectivity index (χ0) is 19.8. The highest BCUT2D eigenvalue weighted by atomic mass is 32.1. The first-order chi connectivity index (χ1) is 14.2. The summed E-state index contributed by atoms with van der Waals surface area (Å²) in [6.07, 6.45) is 0.881. The number of aromatic nitrogens is 3. The predicted octanol–water partition coefficient (Wildman–Crippen LogP) is 5.03. The maximum atomic E-state index is 9.04. The summed E-state index contributed by atoms with van der Waals surface area (Å²) in [4.78, 5) is 13.1. The SMILES string of the molecule is CCc1csc(-c2[nH]c(-c3ccc(C#N)cc3)nc2-c2ccc3c(c2)OCO3)n1. The normalized spacial score (nSPS) is 12.1. The van der Waals surface area contributed by atoms with Crippen molar-refractivity contribution < 1.29 is 9.47 Å². The Hall–Kier alpha value is -3.63. The molecule has 3 heterocycles. The molecule has 0 unspecified atom stereocenters. The van der Waals surface area contributed by atoms with Crippen LogP contribution >= 0.6 is 11.3 Å². The van der Waals surface area contributed by atoms with Crippen molar-refractivity contribution in [1.82, 2.24) is 15.0 Å². The van der Waals surface area contributed by atoms with E-state index in [4.69, 9.17) is 24.7 Å². The summed E-state index contributed by atoms with van der Waals surface area (Å²) in [5.41, 5.74) is 5.17. The molecule has 29 heavy (non-hydrogen) atoms. The van der Waals surface area contributed by atoms with Crippen molar-refractivity contribution in [3.05, 3.63) is 59.1 Å². The average molecular weight is 400 g/mol. The number of hydrogen-bond donors (Lipinski definition) is 1. The van der Waals surface area contributed by atoms with Crippen LogP contribution in [0.15, 0.2) is 47.8 Å². The van der Waals surface area contributed by atoms with Crippen molar-refractivity contribution in [1.29, 1.82) is 5.26 Å². The second-order valence-electron chi connectivity index (χ2n) is 6.56. The summed E-state index contributed by atoms with van der Waals surface area (Å²) < 4.78 is 11.0. The monoisotopic (exact) mass is 400 g/mol. The lowest BCUT2D eigenvalue weighted by Gasteiger charge is -2.02. The minimum Gasteiger partial charge on any atom is -0.454 e. The molecule has 2 aromatic carbocycles. The van der Waals surface area contributed by atoms with Crippen LogP contribution in [0.25, 0.3) is 33.3 Å². The van der Waals surface area contributed by atoms with Gasteiger partial charge >= 0.3 is 0 Å². The summed E-state index contributed by atoms with van der Waals surface area (Å²) in [7, 11) is 0. The van der Waals surface area contributed by atoms with Gasteiger partial charge in [-0.25, -0.2) is 9.97 Å². The fraction of sp³-hybridized carbons (Fsp3) is 0.136. The van der Waals surface area contributed by atoms with E-state index in [2.05, 4.69) is 23.4 Å². The van der Waals surface area contributed by atoms with E-state index >= 15 is 0 Å². The van der Waals surface area contributed by atoms with Gasteiger partial charge in [0.05, 0.1) is 23.0 Å². The van der Waals surface area contributed by atoms with Crippen LogP contribution in [-0.4, -0.2) is 21.7 Å². The highest BCUT2D eigenvalue weighted by molar-refractivity contribution is 7.13. The molecular formula is C22H16N4O2S. The van der Waals surface area contributed by atoms with Crippen molar-refractivity contribution in [2.45, 2.75) is 13.3 Å². The lowest BCUT2D eigenvalue weighted by Crippen LogP contribution is -1.92. The van der Waals surface area contributed by atoms with Crippen LogP contribution in [-0.2, 0) is 6.42 Å². The number of nitrogens with zero attached hydrogens (tertiary/aromatic N) is 3. The maximum Gasteiger partial charge on any atom is 0.231 e. The summed E-state index contributed by atoms with van der Waals surface area (Å²) in [5.74, 6) is 2.18. The molecular weight excluding hydrogens is 384 g/mol. The smallest absolute Gasteiger partial charge is 0.231 e. The van der Waals surface area contributed by atoms with Crippen molar-refractivity contribution in [3.63, 3.8) is 0 Å². The van der Waals surface area contributed by atoms with Gasteiger partial charge in [-0.1, -0.05) is 6.92 Å². The van der Waals surface area contributed by atoms with Crippen molar-refractivity contribution in [3.8, 4) is 50.9 Å². The topological polar surface area (TPSA) is 83.8 Å². The molecule has 0 radical (unpaired) electrons. The van der Waals surface area contributed by atoms with Crippen LogP contribution in [0.3, 0.4) is 0 Å². The molecule has 0 fully saturated rings. The molecule has 0 bridgehead atoms. The van der Waals surface area contributed by atoms with E-state index in [1.54, 1.807) is 23.5 Å². The quantitative estimate of drug-likeness (QED) is 0.519. The van der Waals surface area contributed by atoms with Gasteiger partial charge in [-0.2, -0.15) is 5.26 Å². The molecule has 0 spiro atoms. The molecule has 7 heteroatoms. The number of nitrogens with one attached hydrogen (secondary N) is 1. The third kappa shape index (κ3) is 3.13. The van der Waals surface area contributed by atoms with Gasteiger partial charge in [0.2, 0.25) is 6.79 Å². The second kappa shape index (κ2) is 7.08. The third-order valence-corrected chi connectivity index (χ3v) is 5.67. The number of hydrogen-bond acceptors (Lipinski definition) is 6. The first-order valence-corrected chi connectivity index (χ1v) is 10.1. The molecule has 142 valence electrons. The third-order valence-electron chi connectivity index (χ3n) is 4.77. The zero-order valence-corrected chi connectivity index (χ0v) is 16.4. The number of aryl methyl sites for hydroxylation is 1. The molecule has 0 atom stereocenters. The first-order valence-electron chi connectivity index (χ1n) is 9.20. The van der Waals surface area contributed by atoms with Gasteiger partial charge in [0.25, 0.3) is 0 Å². The molecule has 4 aromatic rings. The van der Waals surface area contributed by atoms with Gasteiger partial charge in [0.15, 0.2) is 11.5 Å².